The highest BCUT2D eigenvalue weighted by Crippen LogP contribution is 2.31. The predicted octanol–water partition coefficient (Wildman–Crippen LogP) is 1.79. The molecule has 0 aliphatic carbocycles. The molecule has 1 rings (SSSR count). The van der Waals surface area contributed by atoms with Crippen LogP contribution in [-0.2, 0) is 6.18 Å². The number of nitrogens with zero attached hydrogens (tertiary/aromatic N) is 1. The van der Waals surface area contributed by atoms with Crippen molar-refractivity contribution in [3.8, 4) is 0 Å². The molecule has 0 fully saturated rings. The summed E-state index contributed by atoms with van der Waals surface area (Å²) in [4.78, 5) is 15.1. The number of pyridine rings is 1. The summed E-state index contributed by atoms with van der Waals surface area (Å²) in [5.41, 5.74) is -1.46. The Morgan fingerprint density at radius 1 is 1.44 bits per heavy atom. The predicted molar refractivity (Wildman–Crippen MR) is 59.8 cm³/mol. The molecule has 0 aliphatic heterocycles. The first-order valence-electron chi connectivity index (χ1n) is 5.35. The van der Waals surface area contributed by atoms with Crippen molar-refractivity contribution in [2.45, 2.75) is 26.1 Å². The molecule has 1 amide bonds. The van der Waals surface area contributed by atoms with Crippen LogP contribution in [0.3, 0.4) is 0 Å². The highest BCUT2D eigenvalue weighted by Gasteiger charge is 2.35. The minimum Gasteiger partial charge on any atom is -0.339 e. The van der Waals surface area contributed by atoms with Crippen molar-refractivity contribution in [1.82, 2.24) is 15.6 Å². The lowest BCUT2D eigenvalue weighted by atomic mass is 10.1. The molecule has 2 N–H and O–H groups in total. The standard InChI is InChI=1S/C11H14F3N3O/c1-7(2)16-6-17-10(18)8-5-15-4-3-9(8)11(12,13)14/h3-5,7,16H,6H2,1-2H3,(H,17,18). The number of amides is 1. The molecule has 100 valence electrons. The average molecular weight is 261 g/mol. The van der Waals surface area contributed by atoms with Crippen molar-refractivity contribution < 1.29 is 18.0 Å². The highest BCUT2D eigenvalue weighted by molar-refractivity contribution is 5.95. The van der Waals surface area contributed by atoms with E-state index in [0.29, 0.717) is 0 Å². The Bertz CT molecular complexity index is 418. The van der Waals surface area contributed by atoms with E-state index in [1.54, 1.807) is 0 Å². The SMILES string of the molecule is CC(C)NCNC(=O)c1cnccc1C(F)(F)F. The zero-order chi connectivity index (χ0) is 13.8. The Hall–Kier alpha value is -1.63. The molecule has 0 saturated heterocycles. The fourth-order valence-electron chi connectivity index (χ4n) is 1.25. The van der Waals surface area contributed by atoms with Gasteiger partial charge in [0.25, 0.3) is 5.91 Å². The monoisotopic (exact) mass is 261 g/mol. The van der Waals surface area contributed by atoms with E-state index < -0.39 is 23.2 Å². The number of alkyl halides is 3. The highest BCUT2D eigenvalue weighted by atomic mass is 19.4. The van der Waals surface area contributed by atoms with Gasteiger partial charge in [-0.1, -0.05) is 0 Å². The van der Waals surface area contributed by atoms with Crippen molar-refractivity contribution in [2.24, 2.45) is 0 Å². The van der Waals surface area contributed by atoms with Gasteiger partial charge in [0.2, 0.25) is 0 Å². The molecule has 4 nitrogen and oxygen atoms in total. The van der Waals surface area contributed by atoms with E-state index in [2.05, 4.69) is 15.6 Å². The zero-order valence-electron chi connectivity index (χ0n) is 10.0. The average Bonchev–Trinajstić information content (AvgIpc) is 2.27. The summed E-state index contributed by atoms with van der Waals surface area (Å²) in [5.74, 6) is -0.802. The van der Waals surface area contributed by atoms with E-state index in [-0.39, 0.29) is 12.7 Å². The van der Waals surface area contributed by atoms with Gasteiger partial charge >= 0.3 is 6.18 Å². The van der Waals surface area contributed by atoms with Crippen molar-refractivity contribution in [3.05, 3.63) is 29.6 Å². The van der Waals surface area contributed by atoms with Crippen LogP contribution in [0.2, 0.25) is 0 Å². The minimum atomic E-state index is -4.57. The molecule has 0 unspecified atom stereocenters. The van der Waals surface area contributed by atoms with Crippen LogP contribution < -0.4 is 10.6 Å². The molecule has 1 heterocycles. The summed E-state index contributed by atoms with van der Waals surface area (Å²) in [5, 5.41) is 5.22. The molecule has 1 aromatic heterocycles. The fraction of sp³-hybridized carbons (Fsp3) is 0.455. The molecule has 7 heteroatoms. The molecule has 18 heavy (non-hydrogen) atoms. The zero-order valence-corrected chi connectivity index (χ0v) is 10.0. The molecule has 0 bridgehead atoms. The maximum Gasteiger partial charge on any atom is 0.417 e. The van der Waals surface area contributed by atoms with E-state index in [9.17, 15) is 18.0 Å². The van der Waals surface area contributed by atoms with Gasteiger partial charge in [-0.15, -0.1) is 0 Å². The lowest BCUT2D eigenvalue weighted by Gasteiger charge is -2.13. The van der Waals surface area contributed by atoms with Crippen molar-refractivity contribution in [1.29, 1.82) is 0 Å². The van der Waals surface area contributed by atoms with E-state index in [1.807, 2.05) is 13.8 Å². The Kier molecular flexibility index (Phi) is 4.66. The third kappa shape index (κ3) is 3.99. The van der Waals surface area contributed by atoms with Crippen LogP contribution in [0.4, 0.5) is 13.2 Å². The van der Waals surface area contributed by atoms with Crippen molar-refractivity contribution in [3.63, 3.8) is 0 Å². The summed E-state index contributed by atoms with van der Waals surface area (Å²) >= 11 is 0. The third-order valence-electron chi connectivity index (χ3n) is 2.13. The number of nitrogens with one attached hydrogen (secondary N) is 2. The maximum atomic E-state index is 12.6. The van der Waals surface area contributed by atoms with E-state index in [4.69, 9.17) is 0 Å². The number of halogens is 3. The van der Waals surface area contributed by atoms with Crippen LogP contribution in [0.25, 0.3) is 0 Å². The summed E-state index contributed by atoms with van der Waals surface area (Å²) in [7, 11) is 0. The second kappa shape index (κ2) is 5.81. The molecule has 0 saturated carbocycles. The van der Waals surface area contributed by atoms with Gasteiger partial charge in [0.05, 0.1) is 17.8 Å². The first-order chi connectivity index (χ1) is 8.32. The largest absolute Gasteiger partial charge is 0.417 e. The molecule has 0 aromatic carbocycles. The fourth-order valence-corrected chi connectivity index (χ4v) is 1.25. The third-order valence-corrected chi connectivity index (χ3v) is 2.13. The Morgan fingerprint density at radius 3 is 2.67 bits per heavy atom. The first kappa shape index (κ1) is 14.4. The molecular weight excluding hydrogens is 247 g/mol. The molecule has 0 aliphatic rings. The van der Waals surface area contributed by atoms with Crippen LogP contribution in [-0.4, -0.2) is 23.6 Å². The number of aromatic nitrogens is 1. The lowest BCUT2D eigenvalue weighted by molar-refractivity contribution is -0.138. The lowest BCUT2D eigenvalue weighted by Crippen LogP contribution is -2.37. The molecule has 1 aromatic rings. The van der Waals surface area contributed by atoms with Crippen molar-refractivity contribution in [2.75, 3.05) is 6.67 Å². The summed E-state index contributed by atoms with van der Waals surface area (Å²) < 4.78 is 37.9. The normalized spacial score (nSPS) is 11.7. The van der Waals surface area contributed by atoms with Gasteiger partial charge in [-0.25, -0.2) is 0 Å². The number of hydrogen-bond donors (Lipinski definition) is 2. The minimum absolute atomic E-state index is 0.0999. The van der Waals surface area contributed by atoms with Crippen LogP contribution >= 0.6 is 0 Å². The smallest absolute Gasteiger partial charge is 0.339 e. The summed E-state index contributed by atoms with van der Waals surface area (Å²) in [6.07, 6.45) is -2.65. The van der Waals surface area contributed by atoms with E-state index in [1.165, 1.54) is 0 Å². The van der Waals surface area contributed by atoms with E-state index in [0.717, 1.165) is 18.5 Å². The topological polar surface area (TPSA) is 54.0 Å². The van der Waals surface area contributed by atoms with Gasteiger partial charge in [-0.2, -0.15) is 13.2 Å². The van der Waals surface area contributed by atoms with E-state index >= 15 is 0 Å². The molecule has 0 radical (unpaired) electrons. The molecular formula is C11H14F3N3O. The number of hydrogen-bond acceptors (Lipinski definition) is 3. The second-order valence-corrected chi connectivity index (χ2v) is 3.96. The van der Waals surface area contributed by atoms with Gasteiger partial charge in [0, 0.05) is 18.4 Å². The van der Waals surface area contributed by atoms with Crippen LogP contribution in [0.5, 0.6) is 0 Å². The number of carbonyl (C=O) groups excluding carboxylic acids is 1. The van der Waals surface area contributed by atoms with Gasteiger partial charge in [0.1, 0.15) is 0 Å². The Morgan fingerprint density at radius 2 is 2.11 bits per heavy atom. The molecule has 0 atom stereocenters. The summed E-state index contributed by atoms with van der Waals surface area (Å²) in [6.45, 7) is 3.82. The summed E-state index contributed by atoms with van der Waals surface area (Å²) in [6, 6.07) is 0.909. The van der Waals surface area contributed by atoms with Gasteiger partial charge in [-0.3, -0.25) is 15.1 Å². The second-order valence-electron chi connectivity index (χ2n) is 3.96. The molecule has 0 spiro atoms. The number of rotatable bonds is 4. The van der Waals surface area contributed by atoms with Crippen LogP contribution in [0, 0.1) is 0 Å². The maximum absolute atomic E-state index is 12.6. The van der Waals surface area contributed by atoms with Crippen molar-refractivity contribution >= 4 is 5.91 Å². The Balaban J connectivity index is 2.80. The first-order valence-corrected chi connectivity index (χ1v) is 5.35. The Labute approximate surface area is 103 Å². The van der Waals surface area contributed by atoms with Crippen LogP contribution in [0.15, 0.2) is 18.5 Å². The van der Waals surface area contributed by atoms with Gasteiger partial charge in [-0.05, 0) is 19.9 Å². The van der Waals surface area contributed by atoms with Crippen LogP contribution in [0.1, 0.15) is 29.8 Å². The quantitative estimate of drug-likeness (QED) is 0.812. The van der Waals surface area contributed by atoms with Gasteiger partial charge in [0.15, 0.2) is 0 Å². The van der Waals surface area contributed by atoms with Gasteiger partial charge < -0.3 is 5.32 Å². The number of carbonyl (C=O) groups is 1.